The molecule has 1 aliphatic rings. The number of hydrogen-bond acceptors (Lipinski definition) is 3. The first-order valence-corrected chi connectivity index (χ1v) is 4.76. The molecule has 1 fully saturated rings. The predicted molar refractivity (Wildman–Crippen MR) is 53.6 cm³/mol. The van der Waals surface area contributed by atoms with E-state index in [2.05, 4.69) is 16.6 Å². The smallest absolute Gasteiger partial charge is 0.240 e. The molecule has 0 aromatic rings. The normalized spacial score (nSPS) is 28.9. The van der Waals surface area contributed by atoms with Gasteiger partial charge in [0.15, 0.2) is 0 Å². The topological polar surface area (TPSA) is 50.4 Å². The van der Waals surface area contributed by atoms with Crippen LogP contribution < -0.4 is 10.6 Å². The van der Waals surface area contributed by atoms with E-state index in [1.807, 2.05) is 6.92 Å². The largest absolute Gasteiger partial charge is 0.375 e. The minimum atomic E-state index is -0.292. The second kappa shape index (κ2) is 4.99. The van der Waals surface area contributed by atoms with Crippen LogP contribution in [0.5, 0.6) is 0 Å². The van der Waals surface area contributed by atoms with Gasteiger partial charge in [-0.25, -0.2) is 0 Å². The molecule has 0 aromatic heterocycles. The van der Waals surface area contributed by atoms with Crippen LogP contribution >= 0.6 is 0 Å². The van der Waals surface area contributed by atoms with E-state index in [9.17, 15) is 4.79 Å². The molecule has 1 heterocycles. The molecule has 1 saturated heterocycles. The Labute approximate surface area is 84.4 Å². The van der Waals surface area contributed by atoms with Crippen molar-refractivity contribution in [2.24, 2.45) is 0 Å². The van der Waals surface area contributed by atoms with Crippen LogP contribution in [0.1, 0.15) is 13.8 Å². The van der Waals surface area contributed by atoms with Gasteiger partial charge in [0.1, 0.15) is 6.04 Å². The average molecular weight is 196 g/mol. The van der Waals surface area contributed by atoms with Crippen LogP contribution in [0.2, 0.25) is 0 Å². The molecule has 78 valence electrons. The van der Waals surface area contributed by atoms with E-state index in [1.165, 1.54) is 0 Å². The molecular weight excluding hydrogens is 180 g/mol. The van der Waals surface area contributed by atoms with Gasteiger partial charge in [-0.05, 0) is 13.8 Å². The fourth-order valence-corrected chi connectivity index (χ4v) is 1.37. The summed E-state index contributed by atoms with van der Waals surface area (Å²) in [4.78, 5) is 11.6. The summed E-state index contributed by atoms with van der Waals surface area (Å²) < 4.78 is 5.35. The second-order valence-electron chi connectivity index (χ2n) is 3.40. The lowest BCUT2D eigenvalue weighted by atomic mass is 10.1. The van der Waals surface area contributed by atoms with Gasteiger partial charge in [0.05, 0.1) is 18.8 Å². The summed E-state index contributed by atoms with van der Waals surface area (Å²) in [6.07, 6.45) is 5.07. The highest BCUT2D eigenvalue weighted by molar-refractivity contribution is 5.83. The first-order chi connectivity index (χ1) is 6.65. The third-order valence-corrected chi connectivity index (χ3v) is 2.21. The van der Waals surface area contributed by atoms with E-state index in [1.54, 1.807) is 6.92 Å². The van der Waals surface area contributed by atoms with E-state index in [0.29, 0.717) is 13.2 Å². The molecule has 4 heteroatoms. The number of ether oxygens (including phenoxy) is 1. The summed E-state index contributed by atoms with van der Waals surface area (Å²) in [5, 5.41) is 5.80. The Bertz CT molecular complexity index is 247. The highest BCUT2D eigenvalue weighted by atomic mass is 16.5. The highest BCUT2D eigenvalue weighted by Gasteiger charge is 2.28. The van der Waals surface area contributed by atoms with Gasteiger partial charge < -0.3 is 15.4 Å². The minimum absolute atomic E-state index is 0.0948. The molecule has 1 aliphatic heterocycles. The number of carbonyl (C=O) groups is 1. The Hall–Kier alpha value is -1.05. The van der Waals surface area contributed by atoms with Crippen molar-refractivity contribution >= 4 is 5.91 Å². The van der Waals surface area contributed by atoms with Crippen LogP contribution in [0.4, 0.5) is 0 Å². The zero-order chi connectivity index (χ0) is 10.6. The molecule has 1 rings (SSSR count). The van der Waals surface area contributed by atoms with Crippen molar-refractivity contribution in [3.05, 3.63) is 0 Å². The van der Waals surface area contributed by atoms with E-state index in [-0.39, 0.29) is 24.1 Å². The molecule has 0 spiro atoms. The number of carbonyl (C=O) groups excluding carboxylic acids is 1. The van der Waals surface area contributed by atoms with Crippen molar-refractivity contribution < 1.29 is 9.53 Å². The maximum atomic E-state index is 11.6. The molecule has 2 N–H and O–H groups in total. The third-order valence-electron chi connectivity index (χ3n) is 2.21. The second-order valence-corrected chi connectivity index (χ2v) is 3.40. The Morgan fingerprint density at radius 2 is 2.50 bits per heavy atom. The summed E-state index contributed by atoms with van der Waals surface area (Å²) in [7, 11) is 0. The van der Waals surface area contributed by atoms with E-state index < -0.39 is 0 Å². The van der Waals surface area contributed by atoms with Crippen molar-refractivity contribution in [3.8, 4) is 12.3 Å². The summed E-state index contributed by atoms with van der Waals surface area (Å²) in [6.45, 7) is 4.99. The minimum Gasteiger partial charge on any atom is -0.375 e. The molecule has 0 radical (unpaired) electrons. The molecule has 14 heavy (non-hydrogen) atoms. The molecule has 1 amide bonds. The average Bonchev–Trinajstić information content (AvgIpc) is 2.18. The van der Waals surface area contributed by atoms with Crippen LogP contribution in [-0.2, 0) is 9.53 Å². The number of nitrogens with one attached hydrogen (secondary N) is 2. The van der Waals surface area contributed by atoms with Gasteiger partial charge in [0.25, 0.3) is 0 Å². The van der Waals surface area contributed by atoms with Gasteiger partial charge >= 0.3 is 0 Å². The van der Waals surface area contributed by atoms with Crippen molar-refractivity contribution in [3.63, 3.8) is 0 Å². The monoisotopic (exact) mass is 196 g/mol. The number of rotatable bonds is 2. The summed E-state index contributed by atoms with van der Waals surface area (Å²) in [5.74, 6) is 2.35. The van der Waals surface area contributed by atoms with Gasteiger partial charge in [-0.15, -0.1) is 6.42 Å². The number of amides is 1. The molecule has 4 nitrogen and oxygen atoms in total. The Morgan fingerprint density at radius 1 is 1.79 bits per heavy atom. The van der Waals surface area contributed by atoms with Crippen molar-refractivity contribution in [1.82, 2.24) is 10.6 Å². The van der Waals surface area contributed by atoms with E-state index in [0.717, 1.165) is 0 Å². The van der Waals surface area contributed by atoms with Gasteiger partial charge in [-0.1, -0.05) is 5.92 Å². The molecule has 0 saturated carbocycles. The molecule has 0 aliphatic carbocycles. The molecule has 0 aromatic carbocycles. The van der Waals surface area contributed by atoms with Gasteiger partial charge in [-0.3, -0.25) is 4.79 Å². The first-order valence-electron chi connectivity index (χ1n) is 4.76. The van der Waals surface area contributed by atoms with Crippen molar-refractivity contribution in [2.45, 2.75) is 32.0 Å². The number of terminal acetylenes is 1. The standard InChI is InChI=1S/C10H16N2O2/c1-4-7(2)12-10(13)9-8(3)14-6-5-11-9/h1,7-9,11H,5-6H2,2-3H3,(H,12,13). The molecular formula is C10H16N2O2. The highest BCUT2D eigenvalue weighted by Crippen LogP contribution is 2.03. The number of morpholine rings is 1. The van der Waals surface area contributed by atoms with Crippen LogP contribution in [0.3, 0.4) is 0 Å². The van der Waals surface area contributed by atoms with Crippen LogP contribution in [0, 0.1) is 12.3 Å². The maximum absolute atomic E-state index is 11.6. The SMILES string of the molecule is C#CC(C)NC(=O)C1NCCOC1C. The van der Waals surface area contributed by atoms with Crippen molar-refractivity contribution in [2.75, 3.05) is 13.2 Å². The van der Waals surface area contributed by atoms with Crippen LogP contribution in [0.15, 0.2) is 0 Å². The van der Waals surface area contributed by atoms with Gasteiger partial charge in [0.2, 0.25) is 5.91 Å². The lowest BCUT2D eigenvalue weighted by molar-refractivity contribution is -0.129. The van der Waals surface area contributed by atoms with Gasteiger partial charge in [-0.2, -0.15) is 0 Å². The zero-order valence-corrected chi connectivity index (χ0v) is 8.54. The fourth-order valence-electron chi connectivity index (χ4n) is 1.37. The summed E-state index contributed by atoms with van der Waals surface area (Å²) in [5.41, 5.74) is 0. The third kappa shape index (κ3) is 2.72. The maximum Gasteiger partial charge on any atom is 0.240 e. The fraction of sp³-hybridized carbons (Fsp3) is 0.700. The summed E-state index contributed by atoms with van der Waals surface area (Å²) in [6, 6.07) is -0.530. The predicted octanol–water partition coefficient (Wildman–Crippen LogP) is -0.499. The van der Waals surface area contributed by atoms with Crippen LogP contribution in [-0.4, -0.2) is 37.2 Å². The van der Waals surface area contributed by atoms with Crippen LogP contribution in [0.25, 0.3) is 0 Å². The van der Waals surface area contributed by atoms with Gasteiger partial charge in [0, 0.05) is 6.54 Å². The molecule has 0 bridgehead atoms. The Balaban J connectivity index is 2.47. The molecule has 3 unspecified atom stereocenters. The Morgan fingerprint density at radius 3 is 3.07 bits per heavy atom. The first kappa shape index (κ1) is 11.0. The van der Waals surface area contributed by atoms with E-state index in [4.69, 9.17) is 11.2 Å². The lowest BCUT2D eigenvalue weighted by Gasteiger charge is -2.29. The number of hydrogen-bond donors (Lipinski definition) is 2. The lowest BCUT2D eigenvalue weighted by Crippen LogP contribution is -2.56. The zero-order valence-electron chi connectivity index (χ0n) is 8.54. The quantitative estimate of drug-likeness (QED) is 0.585. The van der Waals surface area contributed by atoms with Crippen molar-refractivity contribution in [1.29, 1.82) is 0 Å². The molecule has 3 atom stereocenters. The van der Waals surface area contributed by atoms with E-state index >= 15 is 0 Å². The Kier molecular flexibility index (Phi) is 3.93. The summed E-state index contributed by atoms with van der Waals surface area (Å²) >= 11 is 0.